The van der Waals surface area contributed by atoms with Gasteiger partial charge in [0.25, 0.3) is 0 Å². The summed E-state index contributed by atoms with van der Waals surface area (Å²) in [5.74, 6) is 1.66. The van der Waals surface area contributed by atoms with Crippen LogP contribution in [0.15, 0.2) is 6.07 Å². The van der Waals surface area contributed by atoms with Gasteiger partial charge in [-0.05, 0) is 33.6 Å². The van der Waals surface area contributed by atoms with Gasteiger partial charge in [0.1, 0.15) is 16.8 Å². The van der Waals surface area contributed by atoms with E-state index < -0.39 is 0 Å². The van der Waals surface area contributed by atoms with E-state index >= 15 is 0 Å². The number of likely N-dealkylation sites (tertiary alicyclic amines) is 1. The van der Waals surface area contributed by atoms with Crippen molar-refractivity contribution in [3.63, 3.8) is 0 Å². The molecule has 0 atom stereocenters. The second-order valence-corrected chi connectivity index (χ2v) is 5.96. The molecule has 1 saturated heterocycles. The number of rotatable bonds is 3. The third-order valence-electron chi connectivity index (χ3n) is 3.93. The molecule has 0 radical (unpaired) electrons. The first-order valence-electron chi connectivity index (χ1n) is 6.95. The number of nitrogens with zero attached hydrogens (tertiary/aromatic N) is 4. The summed E-state index contributed by atoms with van der Waals surface area (Å²) >= 11 is 6.01. The van der Waals surface area contributed by atoms with Crippen LogP contribution in [-0.4, -0.2) is 47.1 Å². The zero-order valence-corrected chi connectivity index (χ0v) is 13.0. The maximum Gasteiger partial charge on any atom is 0.134 e. The van der Waals surface area contributed by atoms with Gasteiger partial charge in [0.05, 0.1) is 0 Å². The first kappa shape index (κ1) is 14.5. The molecule has 0 aliphatic carbocycles. The molecule has 5 heteroatoms. The lowest BCUT2D eigenvalue weighted by Crippen LogP contribution is -2.46. The zero-order chi connectivity index (χ0) is 14.0. The SMILES string of the molecule is Cc1nc(Cl)cc(N(C)C2CCN(C(C)C)CC2)n1. The van der Waals surface area contributed by atoms with E-state index in [1.807, 2.05) is 13.0 Å². The van der Waals surface area contributed by atoms with E-state index in [4.69, 9.17) is 11.6 Å². The molecule has 1 aliphatic heterocycles. The molecule has 2 heterocycles. The van der Waals surface area contributed by atoms with Gasteiger partial charge < -0.3 is 9.80 Å². The van der Waals surface area contributed by atoms with E-state index in [0.717, 1.165) is 24.7 Å². The molecule has 0 unspecified atom stereocenters. The van der Waals surface area contributed by atoms with Crippen molar-refractivity contribution in [2.45, 2.75) is 45.7 Å². The molecule has 106 valence electrons. The average molecular weight is 283 g/mol. The number of hydrogen-bond acceptors (Lipinski definition) is 4. The van der Waals surface area contributed by atoms with Crippen LogP contribution in [-0.2, 0) is 0 Å². The minimum atomic E-state index is 0.522. The largest absolute Gasteiger partial charge is 0.356 e. The Hall–Kier alpha value is -0.870. The van der Waals surface area contributed by atoms with Crippen LogP contribution in [0.2, 0.25) is 5.15 Å². The summed E-state index contributed by atoms with van der Waals surface area (Å²) in [6.45, 7) is 8.72. The second-order valence-electron chi connectivity index (χ2n) is 5.57. The van der Waals surface area contributed by atoms with E-state index in [0.29, 0.717) is 17.2 Å². The highest BCUT2D eigenvalue weighted by atomic mass is 35.5. The highest BCUT2D eigenvalue weighted by Crippen LogP contribution is 2.23. The fourth-order valence-corrected chi connectivity index (χ4v) is 2.89. The molecular formula is C14H23ClN4. The Morgan fingerprint density at radius 1 is 1.32 bits per heavy atom. The fraction of sp³-hybridized carbons (Fsp3) is 0.714. The van der Waals surface area contributed by atoms with Crippen LogP contribution >= 0.6 is 11.6 Å². The quantitative estimate of drug-likeness (QED) is 0.798. The fourth-order valence-electron chi connectivity index (χ4n) is 2.67. The normalized spacial score (nSPS) is 18.0. The van der Waals surface area contributed by atoms with Crippen molar-refractivity contribution in [1.29, 1.82) is 0 Å². The first-order chi connectivity index (χ1) is 8.97. The average Bonchev–Trinajstić information content (AvgIpc) is 2.37. The van der Waals surface area contributed by atoms with Crippen molar-refractivity contribution in [3.05, 3.63) is 17.0 Å². The second kappa shape index (κ2) is 6.06. The molecule has 0 bridgehead atoms. The van der Waals surface area contributed by atoms with Gasteiger partial charge in [-0.1, -0.05) is 11.6 Å². The van der Waals surface area contributed by atoms with Gasteiger partial charge in [0.2, 0.25) is 0 Å². The highest BCUT2D eigenvalue weighted by molar-refractivity contribution is 6.29. The molecule has 2 rings (SSSR count). The smallest absolute Gasteiger partial charge is 0.134 e. The van der Waals surface area contributed by atoms with Crippen molar-refractivity contribution >= 4 is 17.4 Å². The lowest BCUT2D eigenvalue weighted by Gasteiger charge is -2.39. The van der Waals surface area contributed by atoms with Gasteiger partial charge >= 0.3 is 0 Å². The molecule has 0 saturated carbocycles. The van der Waals surface area contributed by atoms with Crippen LogP contribution in [0.25, 0.3) is 0 Å². The van der Waals surface area contributed by atoms with Crippen molar-refractivity contribution < 1.29 is 0 Å². The Balaban J connectivity index is 2.02. The lowest BCUT2D eigenvalue weighted by molar-refractivity contribution is 0.171. The maximum absolute atomic E-state index is 6.01. The van der Waals surface area contributed by atoms with Crippen molar-refractivity contribution in [2.75, 3.05) is 25.0 Å². The Labute approximate surface area is 120 Å². The molecule has 1 aromatic heterocycles. The Bertz CT molecular complexity index is 407. The summed E-state index contributed by atoms with van der Waals surface area (Å²) in [4.78, 5) is 13.4. The van der Waals surface area contributed by atoms with Gasteiger partial charge in [0.15, 0.2) is 0 Å². The molecule has 0 spiro atoms. The van der Waals surface area contributed by atoms with Crippen molar-refractivity contribution in [3.8, 4) is 0 Å². The Morgan fingerprint density at radius 3 is 2.47 bits per heavy atom. The Kier molecular flexibility index (Phi) is 4.63. The van der Waals surface area contributed by atoms with Crippen LogP contribution in [0.1, 0.15) is 32.5 Å². The molecule has 1 aromatic rings. The van der Waals surface area contributed by atoms with E-state index in [-0.39, 0.29) is 0 Å². The van der Waals surface area contributed by atoms with E-state index in [9.17, 15) is 0 Å². The van der Waals surface area contributed by atoms with Crippen molar-refractivity contribution in [1.82, 2.24) is 14.9 Å². The predicted octanol–water partition coefficient (Wildman–Crippen LogP) is 2.75. The van der Waals surface area contributed by atoms with E-state index in [1.54, 1.807) is 0 Å². The lowest BCUT2D eigenvalue weighted by atomic mass is 10.0. The molecule has 1 fully saturated rings. The topological polar surface area (TPSA) is 32.3 Å². The number of hydrogen-bond donors (Lipinski definition) is 0. The summed E-state index contributed by atoms with van der Waals surface area (Å²) < 4.78 is 0. The van der Waals surface area contributed by atoms with E-state index in [1.165, 1.54) is 12.8 Å². The summed E-state index contributed by atoms with van der Waals surface area (Å²) in [6, 6.07) is 3.03. The standard InChI is InChI=1S/C14H23ClN4/c1-10(2)19-7-5-12(6-8-19)18(4)14-9-13(15)16-11(3)17-14/h9-10,12H,5-8H2,1-4H3. The third-order valence-corrected chi connectivity index (χ3v) is 4.13. The molecular weight excluding hydrogens is 260 g/mol. The molecule has 4 nitrogen and oxygen atoms in total. The number of piperidine rings is 1. The van der Waals surface area contributed by atoms with Crippen LogP contribution < -0.4 is 4.90 Å². The van der Waals surface area contributed by atoms with Crippen LogP contribution in [0.5, 0.6) is 0 Å². The molecule has 0 amide bonds. The van der Waals surface area contributed by atoms with Crippen LogP contribution in [0.3, 0.4) is 0 Å². The van der Waals surface area contributed by atoms with Gasteiger partial charge in [-0.15, -0.1) is 0 Å². The molecule has 19 heavy (non-hydrogen) atoms. The van der Waals surface area contributed by atoms with Gasteiger partial charge in [-0.2, -0.15) is 0 Å². The summed E-state index contributed by atoms with van der Waals surface area (Å²) in [7, 11) is 2.10. The minimum Gasteiger partial charge on any atom is -0.356 e. The number of aryl methyl sites for hydroxylation is 1. The molecule has 0 N–H and O–H groups in total. The van der Waals surface area contributed by atoms with Gasteiger partial charge in [0, 0.05) is 38.3 Å². The summed E-state index contributed by atoms with van der Waals surface area (Å²) in [5.41, 5.74) is 0. The molecule has 0 aromatic carbocycles. The zero-order valence-electron chi connectivity index (χ0n) is 12.2. The highest BCUT2D eigenvalue weighted by Gasteiger charge is 2.24. The van der Waals surface area contributed by atoms with Gasteiger partial charge in [-0.3, -0.25) is 0 Å². The van der Waals surface area contributed by atoms with Crippen LogP contribution in [0.4, 0.5) is 5.82 Å². The maximum atomic E-state index is 6.01. The predicted molar refractivity (Wildman–Crippen MR) is 79.9 cm³/mol. The summed E-state index contributed by atoms with van der Waals surface area (Å²) in [5, 5.41) is 0.522. The minimum absolute atomic E-state index is 0.522. The Morgan fingerprint density at radius 2 is 1.95 bits per heavy atom. The first-order valence-corrected chi connectivity index (χ1v) is 7.33. The van der Waals surface area contributed by atoms with E-state index in [2.05, 4.69) is 40.7 Å². The summed E-state index contributed by atoms with van der Waals surface area (Å²) in [6.07, 6.45) is 2.35. The van der Waals surface area contributed by atoms with Gasteiger partial charge in [-0.25, -0.2) is 9.97 Å². The van der Waals surface area contributed by atoms with Crippen molar-refractivity contribution in [2.24, 2.45) is 0 Å². The number of aromatic nitrogens is 2. The monoisotopic (exact) mass is 282 g/mol. The number of anilines is 1. The van der Waals surface area contributed by atoms with Crippen LogP contribution in [0, 0.1) is 6.92 Å². The molecule has 1 aliphatic rings. The third kappa shape index (κ3) is 3.57. The number of halogens is 1.